The van der Waals surface area contributed by atoms with Crippen LogP contribution in [0.25, 0.3) is 11.4 Å². The van der Waals surface area contributed by atoms with Crippen LogP contribution in [0.4, 0.5) is 0 Å². The van der Waals surface area contributed by atoms with Crippen LogP contribution in [0.15, 0.2) is 42.6 Å². The van der Waals surface area contributed by atoms with E-state index >= 15 is 0 Å². The molecule has 1 aromatic carbocycles. The number of carbonyl (C=O) groups is 1. The molecule has 1 fully saturated rings. The van der Waals surface area contributed by atoms with Gasteiger partial charge in [-0.1, -0.05) is 30.3 Å². The van der Waals surface area contributed by atoms with Crippen molar-refractivity contribution in [3.8, 4) is 11.4 Å². The Morgan fingerprint density at radius 1 is 1.12 bits per heavy atom. The molecule has 1 amide bonds. The minimum absolute atomic E-state index is 0.000945. The average molecular weight is 335 g/mol. The Kier molecular flexibility index (Phi) is 3.67. The van der Waals surface area contributed by atoms with Gasteiger partial charge >= 0.3 is 0 Å². The number of amides is 1. The van der Waals surface area contributed by atoms with Gasteiger partial charge in [-0.3, -0.25) is 9.48 Å². The molecule has 0 N–H and O–H groups in total. The predicted molar refractivity (Wildman–Crippen MR) is 95.3 cm³/mol. The van der Waals surface area contributed by atoms with Crippen molar-refractivity contribution in [1.82, 2.24) is 24.2 Å². The van der Waals surface area contributed by atoms with Crippen LogP contribution in [0.5, 0.6) is 0 Å². The van der Waals surface area contributed by atoms with Gasteiger partial charge in [0, 0.05) is 43.3 Å². The topological polar surface area (TPSA) is 56.0 Å². The monoisotopic (exact) mass is 335 g/mol. The van der Waals surface area contributed by atoms with Crippen molar-refractivity contribution in [1.29, 1.82) is 0 Å². The summed E-state index contributed by atoms with van der Waals surface area (Å²) in [5.74, 6) is 0.961. The van der Waals surface area contributed by atoms with Crippen molar-refractivity contribution in [3.05, 3.63) is 59.7 Å². The van der Waals surface area contributed by atoms with Crippen LogP contribution in [0.2, 0.25) is 0 Å². The van der Waals surface area contributed by atoms with Gasteiger partial charge in [0.1, 0.15) is 5.82 Å². The number of aryl methyl sites for hydroxylation is 3. The van der Waals surface area contributed by atoms with Crippen LogP contribution in [0, 0.1) is 13.8 Å². The summed E-state index contributed by atoms with van der Waals surface area (Å²) in [4.78, 5) is 19.0. The van der Waals surface area contributed by atoms with Crippen molar-refractivity contribution >= 4 is 5.91 Å². The molecule has 6 heteroatoms. The summed E-state index contributed by atoms with van der Waals surface area (Å²) in [5.41, 5.74) is 3.71. The van der Waals surface area contributed by atoms with Gasteiger partial charge in [-0.25, -0.2) is 4.98 Å². The van der Waals surface area contributed by atoms with Gasteiger partial charge in [0.2, 0.25) is 0 Å². The minimum Gasteiger partial charge on any atom is -0.333 e. The van der Waals surface area contributed by atoms with Crippen molar-refractivity contribution in [2.45, 2.75) is 19.9 Å². The molecule has 3 heterocycles. The molecule has 2 aromatic heterocycles. The minimum atomic E-state index is -0.000945. The lowest BCUT2D eigenvalue weighted by Crippen LogP contribution is -2.51. The summed E-state index contributed by atoms with van der Waals surface area (Å²) in [5, 5.41) is 4.29. The molecule has 3 aromatic rings. The Bertz CT molecular complexity index is 899. The number of nitrogens with zero attached hydrogens (tertiary/aromatic N) is 5. The highest BCUT2D eigenvalue weighted by atomic mass is 16.2. The Morgan fingerprint density at radius 2 is 1.84 bits per heavy atom. The maximum Gasteiger partial charge on any atom is 0.274 e. The van der Waals surface area contributed by atoms with Crippen LogP contribution in [-0.4, -0.2) is 43.2 Å². The van der Waals surface area contributed by atoms with Gasteiger partial charge in [-0.15, -0.1) is 0 Å². The number of rotatable bonds is 3. The molecule has 0 aliphatic carbocycles. The lowest BCUT2D eigenvalue weighted by Gasteiger charge is -2.40. The number of aromatic nitrogens is 4. The molecular weight excluding hydrogens is 314 g/mol. The van der Waals surface area contributed by atoms with Crippen molar-refractivity contribution < 1.29 is 4.79 Å². The first kappa shape index (κ1) is 15.6. The van der Waals surface area contributed by atoms with Gasteiger partial charge in [0.25, 0.3) is 5.91 Å². The fourth-order valence-corrected chi connectivity index (χ4v) is 3.32. The van der Waals surface area contributed by atoms with E-state index in [0.717, 1.165) is 22.8 Å². The zero-order valence-electron chi connectivity index (χ0n) is 14.7. The van der Waals surface area contributed by atoms with Gasteiger partial charge in [0.15, 0.2) is 5.69 Å². The highest BCUT2D eigenvalue weighted by molar-refractivity contribution is 5.93. The molecule has 25 heavy (non-hydrogen) atoms. The summed E-state index contributed by atoms with van der Waals surface area (Å²) in [6.07, 6.45) is 1.90. The highest BCUT2D eigenvalue weighted by Gasteiger charge is 2.35. The first-order chi connectivity index (χ1) is 12.0. The molecule has 0 bridgehead atoms. The number of hydrogen-bond donors (Lipinski definition) is 0. The summed E-state index contributed by atoms with van der Waals surface area (Å²) < 4.78 is 3.97. The van der Waals surface area contributed by atoms with Crippen LogP contribution in [0.1, 0.15) is 27.9 Å². The first-order valence-electron chi connectivity index (χ1n) is 8.44. The first-order valence-corrected chi connectivity index (χ1v) is 8.44. The number of benzene rings is 1. The van der Waals surface area contributed by atoms with Crippen molar-refractivity contribution in [3.63, 3.8) is 0 Å². The second-order valence-electron chi connectivity index (χ2n) is 6.62. The zero-order valence-corrected chi connectivity index (χ0v) is 14.7. The Balaban J connectivity index is 1.53. The molecule has 0 spiro atoms. The van der Waals surface area contributed by atoms with Gasteiger partial charge in [-0.05, 0) is 19.9 Å². The fourth-order valence-electron chi connectivity index (χ4n) is 3.32. The Hall–Kier alpha value is -2.89. The molecule has 0 saturated carbocycles. The van der Waals surface area contributed by atoms with E-state index in [0.29, 0.717) is 18.8 Å². The largest absolute Gasteiger partial charge is 0.333 e. The molecule has 0 atom stereocenters. The third-order valence-electron chi connectivity index (χ3n) is 4.86. The highest BCUT2D eigenvalue weighted by Crippen LogP contribution is 2.30. The van der Waals surface area contributed by atoms with Crippen LogP contribution in [0.3, 0.4) is 0 Å². The summed E-state index contributed by atoms with van der Waals surface area (Å²) in [6, 6.07) is 12.3. The molecule has 1 aliphatic heterocycles. The van der Waals surface area contributed by atoms with E-state index in [1.54, 1.807) is 4.68 Å². The Labute approximate surface area is 146 Å². The number of carbonyl (C=O) groups excluding carboxylic acids is 1. The van der Waals surface area contributed by atoms with E-state index in [9.17, 15) is 4.79 Å². The molecular formula is C19H21N5O. The van der Waals surface area contributed by atoms with Crippen molar-refractivity contribution in [2.24, 2.45) is 7.05 Å². The summed E-state index contributed by atoms with van der Waals surface area (Å²) >= 11 is 0. The Morgan fingerprint density at radius 3 is 2.48 bits per heavy atom. The zero-order chi connectivity index (χ0) is 17.6. The van der Waals surface area contributed by atoms with E-state index in [1.165, 1.54) is 0 Å². The smallest absolute Gasteiger partial charge is 0.274 e. The van der Waals surface area contributed by atoms with E-state index in [-0.39, 0.29) is 11.9 Å². The lowest BCUT2D eigenvalue weighted by atomic mass is 10.1. The van der Waals surface area contributed by atoms with E-state index < -0.39 is 0 Å². The van der Waals surface area contributed by atoms with Crippen LogP contribution in [-0.2, 0) is 7.05 Å². The third-order valence-corrected chi connectivity index (χ3v) is 4.86. The SMILES string of the molecule is Cc1cc(C(=O)N2CC(n3c(C)cnc3-c3ccccc3)C2)nn1C. The predicted octanol–water partition coefficient (Wildman–Crippen LogP) is 2.60. The van der Waals surface area contributed by atoms with Crippen LogP contribution < -0.4 is 0 Å². The second kappa shape index (κ2) is 5.88. The van der Waals surface area contributed by atoms with Gasteiger partial charge in [0.05, 0.1) is 6.04 Å². The molecule has 0 unspecified atom stereocenters. The standard InChI is InChI=1S/C19H21N5O/c1-13-9-17(21-22(13)3)19(25)23-11-16(12-23)24-14(2)10-20-18(24)15-7-5-4-6-8-15/h4-10,16H,11-12H2,1-3H3. The second-order valence-corrected chi connectivity index (χ2v) is 6.62. The van der Waals surface area contributed by atoms with Gasteiger partial charge < -0.3 is 9.47 Å². The maximum absolute atomic E-state index is 12.6. The van der Waals surface area contributed by atoms with Gasteiger partial charge in [-0.2, -0.15) is 5.10 Å². The average Bonchev–Trinajstić information content (AvgIpc) is 3.11. The molecule has 1 aliphatic rings. The summed E-state index contributed by atoms with van der Waals surface area (Å²) in [6.45, 7) is 5.38. The number of likely N-dealkylation sites (tertiary alicyclic amines) is 1. The molecule has 6 nitrogen and oxygen atoms in total. The number of imidazole rings is 1. The quantitative estimate of drug-likeness (QED) is 0.739. The van der Waals surface area contributed by atoms with Crippen LogP contribution >= 0.6 is 0 Å². The molecule has 128 valence electrons. The molecule has 4 rings (SSSR count). The van der Waals surface area contributed by atoms with E-state index in [4.69, 9.17) is 0 Å². The lowest BCUT2D eigenvalue weighted by molar-refractivity contribution is 0.0513. The third kappa shape index (κ3) is 2.63. The molecule has 1 saturated heterocycles. The van der Waals surface area contributed by atoms with Crippen molar-refractivity contribution in [2.75, 3.05) is 13.1 Å². The van der Waals surface area contributed by atoms with E-state index in [1.807, 2.05) is 49.3 Å². The van der Waals surface area contributed by atoms with E-state index in [2.05, 4.69) is 33.7 Å². The molecule has 0 radical (unpaired) electrons. The number of hydrogen-bond acceptors (Lipinski definition) is 3. The fraction of sp³-hybridized carbons (Fsp3) is 0.316. The summed E-state index contributed by atoms with van der Waals surface area (Å²) in [7, 11) is 1.85. The maximum atomic E-state index is 12.6. The normalized spacial score (nSPS) is 14.6.